The average molecular weight is 290 g/mol. The lowest BCUT2D eigenvalue weighted by molar-refractivity contribution is 0.810. The number of nitrogens with two attached hydrogens (primary N) is 1. The molecule has 0 aromatic rings. The van der Waals surface area contributed by atoms with Gasteiger partial charge in [0, 0.05) is 17.5 Å². The van der Waals surface area contributed by atoms with Gasteiger partial charge >= 0.3 is 0 Å². The van der Waals surface area contributed by atoms with Gasteiger partial charge in [0.15, 0.2) is 0 Å². The van der Waals surface area contributed by atoms with Crippen molar-refractivity contribution in [3.05, 3.63) is 46.8 Å². The molecule has 2 N–H and O–H groups in total. The minimum atomic E-state index is 0.934. The first-order chi connectivity index (χ1) is 10.2. The zero-order valence-electron chi connectivity index (χ0n) is 15.1. The van der Waals surface area contributed by atoms with E-state index in [-0.39, 0.29) is 0 Å². The van der Waals surface area contributed by atoms with E-state index < -0.39 is 0 Å². The van der Waals surface area contributed by atoms with E-state index in [4.69, 9.17) is 5.73 Å². The third-order valence-corrected chi connectivity index (χ3v) is 3.04. The number of hydrogen-bond acceptors (Lipinski definition) is 2. The maximum Gasteiger partial charge on any atom is 0.0709 e. The molecule has 1 rings (SSSR count). The van der Waals surface area contributed by atoms with E-state index in [1.165, 1.54) is 5.57 Å². The van der Waals surface area contributed by atoms with Gasteiger partial charge in [0.05, 0.1) is 5.70 Å². The molecule has 0 atom stereocenters. The standard InChI is InChI=1S/C15H22N2.2C2H6/c1-5-8-11(4)14-13(16)10-9-12(6-2)15(14)17-7-3;2*1-2/h5,7-8H,1,6,9-10,16H2,2-4H3;2*1-2H3/b11-8-,17-7?;;. The number of aliphatic imine (C=N–C) groups is 1. The number of rotatable bonds is 4. The van der Waals surface area contributed by atoms with E-state index >= 15 is 0 Å². The van der Waals surface area contributed by atoms with Crippen molar-refractivity contribution in [1.29, 1.82) is 0 Å². The smallest absolute Gasteiger partial charge is 0.0709 e. The lowest BCUT2D eigenvalue weighted by Gasteiger charge is -2.22. The molecule has 0 heterocycles. The van der Waals surface area contributed by atoms with Crippen LogP contribution in [0.25, 0.3) is 0 Å². The Bertz CT molecular complexity index is 421. The molecule has 1 aliphatic carbocycles. The monoisotopic (exact) mass is 290 g/mol. The van der Waals surface area contributed by atoms with Crippen LogP contribution in [-0.2, 0) is 0 Å². The summed E-state index contributed by atoms with van der Waals surface area (Å²) in [5.74, 6) is 0. The van der Waals surface area contributed by atoms with Crippen LogP contribution in [0.5, 0.6) is 0 Å². The summed E-state index contributed by atoms with van der Waals surface area (Å²) < 4.78 is 0. The molecule has 0 amide bonds. The first-order valence-corrected chi connectivity index (χ1v) is 8.15. The molecular formula is C19H34N2. The van der Waals surface area contributed by atoms with Crippen LogP contribution in [0.1, 0.15) is 67.7 Å². The van der Waals surface area contributed by atoms with E-state index in [9.17, 15) is 0 Å². The number of allylic oxidation sites excluding steroid dienone is 5. The molecule has 0 radical (unpaired) electrons. The van der Waals surface area contributed by atoms with Gasteiger partial charge in [-0.1, -0.05) is 53.3 Å². The lowest BCUT2D eigenvalue weighted by Crippen LogP contribution is -2.12. The highest BCUT2D eigenvalue weighted by Crippen LogP contribution is 2.34. The topological polar surface area (TPSA) is 38.4 Å². The van der Waals surface area contributed by atoms with Crippen LogP contribution in [0.15, 0.2) is 51.8 Å². The van der Waals surface area contributed by atoms with Crippen molar-refractivity contribution in [1.82, 2.24) is 0 Å². The summed E-state index contributed by atoms with van der Waals surface area (Å²) in [5, 5.41) is 0. The quantitative estimate of drug-likeness (QED) is 0.505. The van der Waals surface area contributed by atoms with Crippen molar-refractivity contribution >= 4 is 6.21 Å². The minimum absolute atomic E-state index is 0.934. The van der Waals surface area contributed by atoms with Gasteiger partial charge in [-0.3, -0.25) is 4.99 Å². The van der Waals surface area contributed by atoms with Crippen LogP contribution < -0.4 is 5.73 Å². The first kappa shape index (κ1) is 21.7. The second-order valence-electron chi connectivity index (χ2n) is 4.18. The summed E-state index contributed by atoms with van der Waals surface area (Å²) in [5.41, 5.74) is 11.8. The highest BCUT2D eigenvalue weighted by Gasteiger charge is 2.19. The van der Waals surface area contributed by atoms with Gasteiger partial charge in [0.2, 0.25) is 0 Å². The van der Waals surface area contributed by atoms with Crippen molar-refractivity contribution in [2.45, 2.75) is 67.7 Å². The van der Waals surface area contributed by atoms with Crippen LogP contribution in [0.3, 0.4) is 0 Å². The molecule has 0 saturated heterocycles. The molecular weight excluding hydrogens is 256 g/mol. The Hall–Kier alpha value is -1.57. The lowest BCUT2D eigenvalue weighted by atomic mass is 9.88. The van der Waals surface area contributed by atoms with Gasteiger partial charge in [-0.15, -0.1) is 0 Å². The van der Waals surface area contributed by atoms with E-state index in [2.05, 4.69) is 25.4 Å². The van der Waals surface area contributed by atoms with Crippen molar-refractivity contribution in [2.75, 3.05) is 0 Å². The molecule has 0 aromatic heterocycles. The van der Waals surface area contributed by atoms with Crippen molar-refractivity contribution in [3.63, 3.8) is 0 Å². The first-order valence-electron chi connectivity index (χ1n) is 8.15. The van der Waals surface area contributed by atoms with Crippen LogP contribution in [0.4, 0.5) is 0 Å². The molecule has 0 saturated carbocycles. The van der Waals surface area contributed by atoms with E-state index in [0.717, 1.165) is 41.8 Å². The molecule has 0 aromatic carbocycles. The van der Waals surface area contributed by atoms with Crippen molar-refractivity contribution < 1.29 is 0 Å². The molecule has 0 unspecified atom stereocenters. The van der Waals surface area contributed by atoms with Crippen molar-refractivity contribution in [3.8, 4) is 0 Å². The van der Waals surface area contributed by atoms with Crippen LogP contribution in [0.2, 0.25) is 0 Å². The predicted molar refractivity (Wildman–Crippen MR) is 98.6 cm³/mol. The maximum absolute atomic E-state index is 6.14. The molecule has 2 heteroatoms. The summed E-state index contributed by atoms with van der Waals surface area (Å²) in [4.78, 5) is 4.51. The number of nitrogens with zero attached hydrogens (tertiary/aromatic N) is 1. The van der Waals surface area contributed by atoms with Gasteiger partial charge in [-0.05, 0) is 44.3 Å². The molecule has 120 valence electrons. The van der Waals surface area contributed by atoms with Crippen LogP contribution in [0, 0.1) is 0 Å². The van der Waals surface area contributed by atoms with Gasteiger partial charge in [-0.25, -0.2) is 0 Å². The SMILES string of the molecule is C=C/C=C(/C)C1=C(N)CCC(CC)=C1N=CC.CC.CC. The predicted octanol–water partition coefficient (Wildman–Crippen LogP) is 5.93. The molecule has 2 nitrogen and oxygen atoms in total. The van der Waals surface area contributed by atoms with E-state index in [1.54, 1.807) is 6.08 Å². The van der Waals surface area contributed by atoms with Gasteiger partial charge in [-0.2, -0.15) is 0 Å². The highest BCUT2D eigenvalue weighted by atomic mass is 14.8. The van der Waals surface area contributed by atoms with Crippen LogP contribution >= 0.6 is 0 Å². The molecule has 0 spiro atoms. The Balaban J connectivity index is 0. The highest BCUT2D eigenvalue weighted by molar-refractivity contribution is 5.61. The third kappa shape index (κ3) is 6.61. The normalized spacial score (nSPS) is 15.3. The maximum atomic E-state index is 6.14. The Morgan fingerprint density at radius 2 is 1.81 bits per heavy atom. The van der Waals surface area contributed by atoms with Crippen molar-refractivity contribution in [2.24, 2.45) is 10.7 Å². The molecule has 0 bridgehead atoms. The molecule has 0 fully saturated rings. The summed E-state index contributed by atoms with van der Waals surface area (Å²) in [7, 11) is 0. The van der Waals surface area contributed by atoms with Gasteiger partial charge in [0.1, 0.15) is 0 Å². The fraction of sp³-hybridized carbons (Fsp3) is 0.526. The van der Waals surface area contributed by atoms with E-state index in [1.807, 2.05) is 46.9 Å². The molecule has 21 heavy (non-hydrogen) atoms. The number of hydrogen-bond donors (Lipinski definition) is 1. The summed E-state index contributed by atoms with van der Waals surface area (Å²) in [6, 6.07) is 0. The van der Waals surface area contributed by atoms with Crippen LogP contribution in [-0.4, -0.2) is 6.21 Å². The zero-order valence-corrected chi connectivity index (χ0v) is 15.1. The Morgan fingerprint density at radius 3 is 2.24 bits per heavy atom. The Morgan fingerprint density at radius 1 is 1.24 bits per heavy atom. The summed E-state index contributed by atoms with van der Waals surface area (Å²) >= 11 is 0. The summed E-state index contributed by atoms with van der Waals surface area (Å²) in [6.45, 7) is 17.9. The molecule has 1 aliphatic rings. The fourth-order valence-corrected chi connectivity index (χ4v) is 2.19. The largest absolute Gasteiger partial charge is 0.401 e. The summed E-state index contributed by atoms with van der Waals surface area (Å²) in [6.07, 6.45) is 8.62. The second kappa shape index (κ2) is 13.4. The average Bonchev–Trinajstić information content (AvgIpc) is 2.52. The Kier molecular flexibility index (Phi) is 13.9. The minimum Gasteiger partial charge on any atom is -0.401 e. The van der Waals surface area contributed by atoms with Gasteiger partial charge in [0.25, 0.3) is 0 Å². The third-order valence-electron chi connectivity index (χ3n) is 3.04. The van der Waals surface area contributed by atoms with Gasteiger partial charge < -0.3 is 5.73 Å². The Labute approximate surface area is 132 Å². The fourth-order valence-electron chi connectivity index (χ4n) is 2.19. The second-order valence-corrected chi connectivity index (χ2v) is 4.18. The molecule has 0 aliphatic heterocycles. The zero-order chi connectivity index (χ0) is 16.8. The van der Waals surface area contributed by atoms with E-state index in [0.29, 0.717) is 0 Å².